The number of carbonyl (C=O) groups excluding carboxylic acids is 3. The van der Waals surface area contributed by atoms with Crippen molar-refractivity contribution in [3.05, 3.63) is 62.0 Å². The number of fused-ring (bicyclic) bond motifs is 1. The number of amides is 4. The molecule has 8 nitrogen and oxygen atoms in total. The first-order valence-corrected chi connectivity index (χ1v) is 18.6. The topological polar surface area (TPSA) is 76.2 Å². The minimum Gasteiger partial charge on any atom is -0.343 e. The van der Waals surface area contributed by atoms with Crippen LogP contribution in [0.3, 0.4) is 0 Å². The van der Waals surface area contributed by atoms with E-state index < -0.39 is 5.92 Å². The summed E-state index contributed by atoms with van der Waals surface area (Å²) >= 11 is 7.36. The van der Waals surface area contributed by atoms with Crippen molar-refractivity contribution >= 4 is 55.4 Å². The predicted molar refractivity (Wildman–Crippen MR) is 189 cm³/mol. The molecular formula is C36H47Br2N5O3. The Labute approximate surface area is 290 Å². The molecule has 4 aliphatic rings. The molecule has 3 saturated heterocycles. The van der Waals surface area contributed by atoms with Crippen molar-refractivity contribution in [2.75, 3.05) is 51.6 Å². The second-order valence-electron chi connectivity index (χ2n) is 13.9. The van der Waals surface area contributed by atoms with Crippen LogP contribution in [0.1, 0.15) is 61.6 Å². The number of hydrogen-bond acceptors (Lipinski definition) is 4. The molecule has 46 heavy (non-hydrogen) atoms. The van der Waals surface area contributed by atoms with Crippen LogP contribution in [0.25, 0.3) is 0 Å². The smallest absolute Gasteiger partial charge is 0.322 e. The summed E-state index contributed by atoms with van der Waals surface area (Å²) < 4.78 is 2.00. The third kappa shape index (κ3) is 7.65. The zero-order chi connectivity index (χ0) is 32.4. The van der Waals surface area contributed by atoms with Crippen LogP contribution in [0.4, 0.5) is 10.5 Å². The van der Waals surface area contributed by atoms with Gasteiger partial charge in [0.05, 0.1) is 5.92 Å². The van der Waals surface area contributed by atoms with E-state index in [-0.39, 0.29) is 30.3 Å². The van der Waals surface area contributed by atoms with Gasteiger partial charge in [0.1, 0.15) is 0 Å². The Morgan fingerprint density at radius 1 is 0.870 bits per heavy atom. The highest BCUT2D eigenvalue weighted by Crippen LogP contribution is 2.34. The summed E-state index contributed by atoms with van der Waals surface area (Å²) in [5, 5.41) is 3.02. The van der Waals surface area contributed by atoms with Crippen LogP contribution >= 0.6 is 31.9 Å². The molecule has 248 valence electrons. The normalized spacial score (nSPS) is 21.2. The number of para-hydroxylation sites is 1. The van der Waals surface area contributed by atoms with Crippen LogP contribution in [-0.2, 0) is 22.6 Å². The van der Waals surface area contributed by atoms with Crippen molar-refractivity contribution in [3.63, 3.8) is 0 Å². The summed E-state index contributed by atoms with van der Waals surface area (Å²) in [5.41, 5.74) is 4.16. The van der Waals surface area contributed by atoms with Gasteiger partial charge in [-0.1, -0.05) is 50.1 Å². The Morgan fingerprint density at radius 3 is 2.11 bits per heavy atom. The minimum atomic E-state index is -0.406. The number of rotatable bonds is 7. The highest BCUT2D eigenvalue weighted by molar-refractivity contribution is 9.11. The number of piperidine rings is 3. The van der Waals surface area contributed by atoms with Crippen molar-refractivity contribution in [2.45, 2.75) is 70.9 Å². The van der Waals surface area contributed by atoms with E-state index in [0.717, 1.165) is 76.0 Å². The average molecular weight is 758 g/mol. The zero-order valence-corrected chi connectivity index (χ0v) is 30.3. The fourth-order valence-corrected chi connectivity index (χ4v) is 9.26. The molecule has 0 radical (unpaired) electrons. The molecule has 0 aromatic heterocycles. The monoisotopic (exact) mass is 755 g/mol. The van der Waals surface area contributed by atoms with E-state index in [2.05, 4.69) is 74.2 Å². The summed E-state index contributed by atoms with van der Waals surface area (Å²) in [6.07, 6.45) is 6.85. The summed E-state index contributed by atoms with van der Waals surface area (Å²) in [6.45, 7) is 7.75. The Kier molecular flexibility index (Phi) is 10.7. The number of benzene rings is 2. The van der Waals surface area contributed by atoms with E-state index in [0.29, 0.717) is 32.0 Å². The molecule has 0 spiro atoms. The first kappa shape index (κ1) is 33.5. The van der Waals surface area contributed by atoms with Crippen LogP contribution < -0.4 is 5.32 Å². The molecule has 0 aliphatic carbocycles. The number of urea groups is 1. The molecule has 4 heterocycles. The molecule has 0 bridgehead atoms. The largest absolute Gasteiger partial charge is 0.343 e. The molecule has 1 N–H and O–H groups in total. The summed E-state index contributed by atoms with van der Waals surface area (Å²) in [4.78, 5) is 49.1. The van der Waals surface area contributed by atoms with Gasteiger partial charge in [0.2, 0.25) is 11.8 Å². The number of nitrogens with one attached hydrogen (secondary N) is 1. The van der Waals surface area contributed by atoms with E-state index in [9.17, 15) is 14.4 Å². The Bertz CT molecular complexity index is 1410. The molecule has 4 aliphatic heterocycles. The first-order chi connectivity index (χ1) is 22.2. The van der Waals surface area contributed by atoms with Crippen LogP contribution in [0, 0.1) is 24.7 Å². The standard InChI is InChI=1S/C36H47Br2N5O3/c1-24-31(37)20-25(21-32(24)38)19-29(35(45)42-15-9-27(10-16-42)26-7-13-40(2)14-8-26)22-34(44)41-17-11-30(12-18-41)43-23-28-5-3-4-6-33(28)39-36(43)46/h3-6,20-21,26-27,29-30H,7-19,22-23H2,1-2H3,(H,39,46)/t29-/m1/s1. The van der Waals surface area contributed by atoms with Gasteiger partial charge in [0, 0.05) is 59.8 Å². The number of likely N-dealkylation sites (tertiary alicyclic amines) is 3. The van der Waals surface area contributed by atoms with Gasteiger partial charge < -0.3 is 24.9 Å². The molecule has 3 fully saturated rings. The summed E-state index contributed by atoms with van der Waals surface area (Å²) in [7, 11) is 2.21. The van der Waals surface area contributed by atoms with Crippen molar-refractivity contribution in [1.82, 2.24) is 19.6 Å². The van der Waals surface area contributed by atoms with Crippen LogP contribution in [0.2, 0.25) is 0 Å². The van der Waals surface area contributed by atoms with Gasteiger partial charge in [0.25, 0.3) is 0 Å². The third-order valence-electron chi connectivity index (χ3n) is 11.0. The maximum atomic E-state index is 14.2. The van der Waals surface area contributed by atoms with Crippen molar-refractivity contribution in [3.8, 4) is 0 Å². The second kappa shape index (κ2) is 14.8. The van der Waals surface area contributed by atoms with Crippen LogP contribution in [-0.4, -0.2) is 89.8 Å². The molecule has 2 aromatic rings. The SMILES string of the molecule is Cc1c(Br)cc(C[C@H](CC(=O)N2CCC(N3Cc4ccccc4NC3=O)CC2)C(=O)N2CCC(C3CCN(C)CC3)CC2)cc1Br. The van der Waals surface area contributed by atoms with Gasteiger partial charge in [-0.3, -0.25) is 9.59 Å². The van der Waals surface area contributed by atoms with Gasteiger partial charge in [-0.25, -0.2) is 4.79 Å². The lowest BCUT2D eigenvalue weighted by Gasteiger charge is -2.41. The van der Waals surface area contributed by atoms with Crippen molar-refractivity contribution < 1.29 is 14.4 Å². The zero-order valence-electron chi connectivity index (χ0n) is 27.1. The lowest BCUT2D eigenvalue weighted by atomic mass is 9.78. The van der Waals surface area contributed by atoms with E-state index in [1.54, 1.807) is 0 Å². The quantitative estimate of drug-likeness (QED) is 0.342. The fraction of sp³-hybridized carbons (Fsp3) is 0.583. The molecular weight excluding hydrogens is 710 g/mol. The Hall–Kier alpha value is -2.43. The van der Waals surface area contributed by atoms with E-state index in [1.165, 1.54) is 25.9 Å². The minimum absolute atomic E-state index is 0.0386. The highest BCUT2D eigenvalue weighted by atomic mass is 79.9. The second-order valence-corrected chi connectivity index (χ2v) is 15.6. The lowest BCUT2D eigenvalue weighted by molar-refractivity contribution is -0.143. The number of carbonyl (C=O) groups is 3. The first-order valence-electron chi connectivity index (χ1n) is 17.0. The molecule has 0 saturated carbocycles. The Morgan fingerprint density at radius 2 is 1.46 bits per heavy atom. The summed E-state index contributed by atoms with van der Waals surface area (Å²) in [5.74, 6) is 1.20. The molecule has 10 heteroatoms. The fourth-order valence-electron chi connectivity index (χ4n) is 7.98. The average Bonchev–Trinajstić information content (AvgIpc) is 3.06. The number of halogens is 2. The third-order valence-corrected chi connectivity index (χ3v) is 12.6. The maximum absolute atomic E-state index is 14.2. The molecule has 6 rings (SSSR count). The molecule has 0 unspecified atom stereocenters. The van der Waals surface area contributed by atoms with Gasteiger partial charge >= 0.3 is 6.03 Å². The molecule has 1 atom stereocenters. The summed E-state index contributed by atoms with van der Waals surface area (Å²) in [6, 6.07) is 12.1. The number of hydrogen-bond donors (Lipinski definition) is 1. The van der Waals surface area contributed by atoms with E-state index >= 15 is 0 Å². The van der Waals surface area contributed by atoms with Gasteiger partial charge in [0.15, 0.2) is 0 Å². The van der Waals surface area contributed by atoms with Crippen molar-refractivity contribution in [1.29, 1.82) is 0 Å². The Balaban J connectivity index is 1.09. The number of nitrogens with zero attached hydrogens (tertiary/aromatic N) is 4. The predicted octanol–water partition coefficient (Wildman–Crippen LogP) is 6.69. The maximum Gasteiger partial charge on any atom is 0.322 e. The van der Waals surface area contributed by atoms with E-state index in [4.69, 9.17) is 0 Å². The lowest BCUT2D eigenvalue weighted by Crippen LogP contribution is -2.51. The number of anilines is 1. The highest BCUT2D eigenvalue weighted by Gasteiger charge is 2.36. The van der Waals surface area contributed by atoms with Crippen LogP contribution in [0.15, 0.2) is 45.3 Å². The molecule has 2 aromatic carbocycles. The van der Waals surface area contributed by atoms with Gasteiger partial charge in [-0.15, -0.1) is 0 Å². The van der Waals surface area contributed by atoms with Crippen molar-refractivity contribution in [2.24, 2.45) is 17.8 Å². The van der Waals surface area contributed by atoms with Crippen LogP contribution in [0.5, 0.6) is 0 Å². The van der Waals surface area contributed by atoms with Gasteiger partial charge in [-0.2, -0.15) is 0 Å². The van der Waals surface area contributed by atoms with Gasteiger partial charge in [-0.05, 0) is 119 Å². The van der Waals surface area contributed by atoms with E-state index in [1.807, 2.05) is 32.9 Å². The molecule has 4 amide bonds.